The molecule has 1 aliphatic rings. The van der Waals surface area contributed by atoms with Gasteiger partial charge >= 0.3 is 0 Å². The molecule has 10 heteroatoms. The lowest BCUT2D eigenvalue weighted by molar-refractivity contribution is -0.384. The monoisotopic (exact) mass is 413 g/mol. The standard InChI is InChI=1S/C15H20BrN5O4/c1-10(15(17)23)20-6-4-19(5-7-20)9-14(22)18-13-3-2-11(21(24)25)8-12(13)16/h2-3,8,10H,4-7,9H2,1H3,(H2,17,23)(H,18,22)/t10-/m0/s1. The summed E-state index contributed by atoms with van der Waals surface area (Å²) in [5.74, 6) is -0.555. The summed E-state index contributed by atoms with van der Waals surface area (Å²) < 4.78 is 0.454. The number of nitro groups is 1. The molecule has 3 N–H and O–H groups in total. The third kappa shape index (κ3) is 5.21. The fraction of sp³-hybridized carbons (Fsp3) is 0.467. The van der Waals surface area contributed by atoms with E-state index in [9.17, 15) is 19.7 Å². The molecule has 1 heterocycles. The first-order valence-electron chi connectivity index (χ1n) is 7.77. The van der Waals surface area contributed by atoms with E-state index in [0.717, 1.165) is 0 Å². The molecule has 1 aliphatic heterocycles. The van der Waals surface area contributed by atoms with Crippen LogP contribution in [0, 0.1) is 10.1 Å². The van der Waals surface area contributed by atoms with Crippen LogP contribution in [0.3, 0.4) is 0 Å². The van der Waals surface area contributed by atoms with Gasteiger partial charge in [0, 0.05) is 42.8 Å². The largest absolute Gasteiger partial charge is 0.368 e. The van der Waals surface area contributed by atoms with Gasteiger partial charge in [-0.1, -0.05) is 0 Å². The van der Waals surface area contributed by atoms with Crippen LogP contribution in [-0.2, 0) is 9.59 Å². The Kier molecular flexibility index (Phi) is 6.45. The van der Waals surface area contributed by atoms with Crippen molar-refractivity contribution < 1.29 is 14.5 Å². The number of benzene rings is 1. The Morgan fingerprint density at radius 2 is 2.00 bits per heavy atom. The molecule has 0 bridgehead atoms. The van der Waals surface area contributed by atoms with Gasteiger partial charge in [-0.15, -0.1) is 0 Å². The number of non-ortho nitro benzene ring substituents is 1. The normalized spacial score (nSPS) is 17.0. The van der Waals surface area contributed by atoms with Gasteiger partial charge in [0.2, 0.25) is 11.8 Å². The fourth-order valence-electron chi connectivity index (χ4n) is 2.60. The summed E-state index contributed by atoms with van der Waals surface area (Å²) in [6, 6.07) is 3.86. The number of rotatable bonds is 6. The molecule has 1 aromatic carbocycles. The summed E-state index contributed by atoms with van der Waals surface area (Å²) in [5.41, 5.74) is 5.74. The molecule has 0 saturated carbocycles. The highest BCUT2D eigenvalue weighted by Crippen LogP contribution is 2.27. The number of hydrogen-bond acceptors (Lipinski definition) is 6. The van der Waals surface area contributed by atoms with Crippen LogP contribution in [0.5, 0.6) is 0 Å². The first-order valence-corrected chi connectivity index (χ1v) is 8.56. The molecular weight excluding hydrogens is 394 g/mol. The van der Waals surface area contributed by atoms with E-state index in [0.29, 0.717) is 36.3 Å². The number of hydrogen-bond donors (Lipinski definition) is 2. The molecule has 1 atom stereocenters. The maximum atomic E-state index is 12.2. The number of halogens is 1. The molecule has 2 amide bonds. The highest BCUT2D eigenvalue weighted by Gasteiger charge is 2.25. The van der Waals surface area contributed by atoms with E-state index in [1.165, 1.54) is 18.2 Å². The maximum absolute atomic E-state index is 12.2. The van der Waals surface area contributed by atoms with E-state index in [-0.39, 0.29) is 30.1 Å². The quantitative estimate of drug-likeness (QED) is 0.524. The van der Waals surface area contributed by atoms with Gasteiger partial charge in [-0.25, -0.2) is 0 Å². The Bertz CT molecular complexity index is 676. The van der Waals surface area contributed by atoms with Crippen LogP contribution in [0.4, 0.5) is 11.4 Å². The number of nitro benzene ring substituents is 1. The zero-order chi connectivity index (χ0) is 18.6. The summed E-state index contributed by atoms with van der Waals surface area (Å²) >= 11 is 3.22. The predicted molar refractivity (Wildman–Crippen MR) is 96.1 cm³/mol. The van der Waals surface area contributed by atoms with Gasteiger partial charge in [-0.2, -0.15) is 0 Å². The molecule has 25 heavy (non-hydrogen) atoms. The minimum absolute atomic E-state index is 0.0513. The van der Waals surface area contributed by atoms with Gasteiger partial charge in [0.05, 0.1) is 23.2 Å². The summed E-state index contributed by atoms with van der Waals surface area (Å²) in [4.78, 5) is 37.6. The van der Waals surface area contributed by atoms with Gasteiger partial charge in [-0.3, -0.25) is 29.5 Å². The summed E-state index contributed by atoms with van der Waals surface area (Å²) in [6.07, 6.45) is 0. The smallest absolute Gasteiger partial charge is 0.270 e. The summed E-state index contributed by atoms with van der Waals surface area (Å²) in [7, 11) is 0. The number of amides is 2. The first-order chi connectivity index (χ1) is 11.8. The number of carbonyl (C=O) groups is 2. The van der Waals surface area contributed by atoms with Crippen molar-refractivity contribution in [3.8, 4) is 0 Å². The van der Waals surface area contributed by atoms with Crippen LogP contribution in [0.15, 0.2) is 22.7 Å². The molecule has 0 unspecified atom stereocenters. The average molecular weight is 414 g/mol. The highest BCUT2D eigenvalue weighted by molar-refractivity contribution is 9.10. The van der Waals surface area contributed by atoms with Gasteiger partial charge in [0.1, 0.15) is 0 Å². The second kappa shape index (κ2) is 8.37. The molecule has 1 fully saturated rings. The second-order valence-corrected chi connectivity index (χ2v) is 6.71. The maximum Gasteiger partial charge on any atom is 0.270 e. The molecule has 1 aromatic rings. The van der Waals surface area contributed by atoms with Crippen LogP contribution >= 0.6 is 15.9 Å². The zero-order valence-corrected chi connectivity index (χ0v) is 15.4. The molecule has 136 valence electrons. The van der Waals surface area contributed by atoms with Gasteiger partial charge < -0.3 is 11.1 Å². The van der Waals surface area contributed by atoms with E-state index < -0.39 is 4.92 Å². The van der Waals surface area contributed by atoms with Crippen molar-refractivity contribution in [1.29, 1.82) is 0 Å². The van der Waals surface area contributed by atoms with Gasteiger partial charge in [0.15, 0.2) is 0 Å². The van der Waals surface area contributed by atoms with E-state index in [1.807, 2.05) is 9.80 Å². The van der Waals surface area contributed by atoms with E-state index in [1.54, 1.807) is 6.92 Å². The Morgan fingerprint density at radius 1 is 1.36 bits per heavy atom. The molecule has 2 rings (SSSR count). The number of nitrogens with one attached hydrogen (secondary N) is 1. The summed E-state index contributed by atoms with van der Waals surface area (Å²) in [5, 5.41) is 13.5. The first kappa shape index (κ1) is 19.3. The van der Waals surface area contributed by atoms with Crippen molar-refractivity contribution in [1.82, 2.24) is 9.80 Å². The lowest BCUT2D eigenvalue weighted by Crippen LogP contribution is -2.54. The third-order valence-corrected chi connectivity index (χ3v) is 4.83. The van der Waals surface area contributed by atoms with Crippen molar-refractivity contribution in [2.45, 2.75) is 13.0 Å². The van der Waals surface area contributed by atoms with E-state index in [4.69, 9.17) is 5.73 Å². The fourth-order valence-corrected chi connectivity index (χ4v) is 3.07. The van der Waals surface area contributed by atoms with Crippen molar-refractivity contribution in [2.24, 2.45) is 5.73 Å². The summed E-state index contributed by atoms with van der Waals surface area (Å²) in [6.45, 7) is 4.63. The lowest BCUT2D eigenvalue weighted by atomic mass is 10.2. The van der Waals surface area contributed by atoms with Crippen LogP contribution in [0.2, 0.25) is 0 Å². The molecule has 0 spiro atoms. The number of piperazine rings is 1. The molecule has 0 aromatic heterocycles. The van der Waals surface area contributed by atoms with Crippen molar-refractivity contribution >= 4 is 39.1 Å². The van der Waals surface area contributed by atoms with Gasteiger partial charge in [-0.05, 0) is 28.9 Å². The Balaban J connectivity index is 1.85. The number of nitrogens with zero attached hydrogens (tertiary/aromatic N) is 3. The predicted octanol–water partition coefficient (Wildman–Crippen LogP) is 0.787. The Hall–Kier alpha value is -2.04. The molecular formula is C15H20BrN5O4. The Morgan fingerprint density at radius 3 is 2.52 bits per heavy atom. The molecule has 1 saturated heterocycles. The minimum Gasteiger partial charge on any atom is -0.368 e. The minimum atomic E-state index is -0.497. The van der Waals surface area contributed by atoms with Crippen LogP contribution in [-0.4, -0.2) is 65.3 Å². The van der Waals surface area contributed by atoms with Crippen LogP contribution in [0.1, 0.15) is 6.92 Å². The second-order valence-electron chi connectivity index (χ2n) is 5.86. The van der Waals surface area contributed by atoms with Crippen molar-refractivity contribution in [2.75, 3.05) is 38.0 Å². The number of nitrogens with two attached hydrogens (primary N) is 1. The molecule has 9 nitrogen and oxygen atoms in total. The average Bonchev–Trinajstić information content (AvgIpc) is 2.56. The highest BCUT2D eigenvalue weighted by atomic mass is 79.9. The lowest BCUT2D eigenvalue weighted by Gasteiger charge is -2.36. The topological polar surface area (TPSA) is 122 Å². The molecule has 0 radical (unpaired) electrons. The number of primary amides is 1. The zero-order valence-electron chi connectivity index (χ0n) is 13.8. The third-order valence-electron chi connectivity index (χ3n) is 4.17. The van der Waals surface area contributed by atoms with Crippen LogP contribution < -0.4 is 11.1 Å². The Labute approximate surface area is 153 Å². The van der Waals surface area contributed by atoms with E-state index >= 15 is 0 Å². The van der Waals surface area contributed by atoms with E-state index in [2.05, 4.69) is 21.2 Å². The van der Waals surface area contributed by atoms with Crippen LogP contribution in [0.25, 0.3) is 0 Å². The van der Waals surface area contributed by atoms with Crippen molar-refractivity contribution in [3.05, 3.63) is 32.8 Å². The SMILES string of the molecule is C[C@@H](C(N)=O)N1CCN(CC(=O)Nc2ccc([N+](=O)[O-])cc2Br)CC1. The van der Waals surface area contributed by atoms with Crippen molar-refractivity contribution in [3.63, 3.8) is 0 Å². The van der Waals surface area contributed by atoms with Gasteiger partial charge in [0.25, 0.3) is 5.69 Å². The number of anilines is 1. The molecule has 0 aliphatic carbocycles. The number of carbonyl (C=O) groups excluding carboxylic acids is 2.